The summed E-state index contributed by atoms with van der Waals surface area (Å²) in [6.07, 6.45) is 1.73. The average Bonchev–Trinajstić information content (AvgIpc) is 3.09. The second kappa shape index (κ2) is 5.02. The number of fused-ring (bicyclic) bond motifs is 1. The topological polar surface area (TPSA) is 28.4 Å². The van der Waals surface area contributed by atoms with E-state index in [9.17, 15) is 0 Å². The Morgan fingerprint density at radius 2 is 1.71 bits per heavy atom. The fourth-order valence-corrected chi connectivity index (χ4v) is 2.83. The molecule has 0 amide bonds. The molecule has 0 spiro atoms. The van der Waals surface area contributed by atoms with Gasteiger partial charge in [-0.1, -0.05) is 36.4 Å². The smallest absolute Gasteiger partial charge is 0.159 e. The van der Waals surface area contributed by atoms with E-state index in [1.807, 2.05) is 18.2 Å². The summed E-state index contributed by atoms with van der Waals surface area (Å²) in [7, 11) is 0. The second-order valence-corrected chi connectivity index (χ2v) is 5.18. The molecule has 0 fully saturated rings. The molecule has 1 N–H and O–H groups in total. The summed E-state index contributed by atoms with van der Waals surface area (Å²) in [4.78, 5) is 2.32. The molecule has 0 saturated heterocycles. The fraction of sp³-hybridized carbons (Fsp3) is 0.111. The summed E-state index contributed by atoms with van der Waals surface area (Å²) >= 11 is 0. The van der Waals surface area contributed by atoms with Crippen LogP contribution in [0.15, 0.2) is 77.4 Å². The standard InChI is InChI=1S/C18H16N2O/c1-2-8-15(9-3-1)20-13-14-7-4-5-10-16(14)19-18(20)17-11-6-12-21-17/h1-12,18-19H,13H2. The zero-order valence-corrected chi connectivity index (χ0v) is 11.6. The van der Waals surface area contributed by atoms with Gasteiger partial charge >= 0.3 is 0 Å². The minimum Gasteiger partial charge on any atom is -0.465 e. The third-order valence-electron chi connectivity index (χ3n) is 3.86. The average molecular weight is 276 g/mol. The van der Waals surface area contributed by atoms with Gasteiger partial charge in [0.2, 0.25) is 0 Å². The Morgan fingerprint density at radius 3 is 2.52 bits per heavy atom. The van der Waals surface area contributed by atoms with Gasteiger partial charge in [0.1, 0.15) is 5.76 Å². The van der Waals surface area contributed by atoms with E-state index in [1.165, 1.54) is 16.9 Å². The highest BCUT2D eigenvalue weighted by molar-refractivity contribution is 5.61. The van der Waals surface area contributed by atoms with E-state index in [0.29, 0.717) is 0 Å². The molecule has 1 atom stereocenters. The van der Waals surface area contributed by atoms with E-state index in [2.05, 4.69) is 58.7 Å². The molecule has 3 aromatic rings. The van der Waals surface area contributed by atoms with E-state index in [0.717, 1.165) is 12.3 Å². The summed E-state index contributed by atoms with van der Waals surface area (Å²) in [5, 5.41) is 3.58. The zero-order valence-electron chi connectivity index (χ0n) is 11.6. The molecule has 3 heteroatoms. The maximum absolute atomic E-state index is 5.64. The van der Waals surface area contributed by atoms with Gasteiger partial charge in [0.25, 0.3) is 0 Å². The summed E-state index contributed by atoms with van der Waals surface area (Å²) in [5.74, 6) is 0.924. The molecule has 0 bridgehead atoms. The number of anilines is 2. The maximum Gasteiger partial charge on any atom is 0.159 e. The Balaban J connectivity index is 1.79. The van der Waals surface area contributed by atoms with Crippen molar-refractivity contribution in [2.24, 2.45) is 0 Å². The lowest BCUT2D eigenvalue weighted by Crippen LogP contribution is -2.37. The predicted molar refractivity (Wildman–Crippen MR) is 84.1 cm³/mol. The number of nitrogens with zero attached hydrogens (tertiary/aromatic N) is 1. The summed E-state index contributed by atoms with van der Waals surface area (Å²) in [5.41, 5.74) is 3.65. The first-order valence-corrected chi connectivity index (χ1v) is 7.11. The van der Waals surface area contributed by atoms with Crippen molar-refractivity contribution < 1.29 is 4.42 Å². The van der Waals surface area contributed by atoms with Crippen LogP contribution in [0.5, 0.6) is 0 Å². The largest absolute Gasteiger partial charge is 0.465 e. The number of benzene rings is 2. The second-order valence-electron chi connectivity index (χ2n) is 5.18. The van der Waals surface area contributed by atoms with Gasteiger partial charge in [-0.2, -0.15) is 0 Å². The molecule has 0 aliphatic carbocycles. The van der Waals surface area contributed by atoms with Crippen molar-refractivity contribution >= 4 is 11.4 Å². The van der Waals surface area contributed by atoms with Crippen LogP contribution < -0.4 is 10.2 Å². The van der Waals surface area contributed by atoms with Gasteiger partial charge in [0.15, 0.2) is 6.17 Å². The third-order valence-corrected chi connectivity index (χ3v) is 3.86. The van der Waals surface area contributed by atoms with Gasteiger partial charge in [-0.15, -0.1) is 0 Å². The molecule has 1 aliphatic rings. The molecule has 4 rings (SSSR count). The van der Waals surface area contributed by atoms with Crippen molar-refractivity contribution in [2.45, 2.75) is 12.7 Å². The molecule has 2 heterocycles. The van der Waals surface area contributed by atoms with Crippen LogP contribution >= 0.6 is 0 Å². The summed E-state index contributed by atoms with van der Waals surface area (Å²) in [6.45, 7) is 0.860. The lowest BCUT2D eigenvalue weighted by Gasteiger charge is -2.38. The Labute approximate surface area is 123 Å². The van der Waals surface area contributed by atoms with Gasteiger partial charge in [0.05, 0.1) is 6.26 Å². The normalized spacial score (nSPS) is 17.1. The number of nitrogens with one attached hydrogen (secondary N) is 1. The Hall–Kier alpha value is -2.68. The molecule has 3 nitrogen and oxygen atoms in total. The van der Waals surface area contributed by atoms with Crippen molar-refractivity contribution in [1.29, 1.82) is 0 Å². The predicted octanol–water partition coefficient (Wildman–Crippen LogP) is 4.41. The van der Waals surface area contributed by atoms with E-state index < -0.39 is 0 Å². The first kappa shape index (κ1) is 12.1. The minimum absolute atomic E-state index is 0.0114. The van der Waals surface area contributed by atoms with E-state index in [1.54, 1.807) is 6.26 Å². The SMILES string of the molecule is c1ccc(N2Cc3ccccc3NC2c2ccco2)cc1. The molecule has 1 aromatic heterocycles. The minimum atomic E-state index is 0.0114. The van der Waals surface area contributed by atoms with Gasteiger partial charge in [-0.25, -0.2) is 0 Å². The molecular weight excluding hydrogens is 260 g/mol. The van der Waals surface area contributed by atoms with Crippen LogP contribution in [0.4, 0.5) is 11.4 Å². The van der Waals surface area contributed by atoms with E-state index >= 15 is 0 Å². The van der Waals surface area contributed by atoms with Crippen molar-refractivity contribution in [3.05, 3.63) is 84.3 Å². The number of hydrogen-bond acceptors (Lipinski definition) is 3. The van der Waals surface area contributed by atoms with Crippen molar-refractivity contribution in [3.8, 4) is 0 Å². The number of furan rings is 1. The monoisotopic (exact) mass is 276 g/mol. The number of para-hydroxylation sites is 2. The first-order valence-electron chi connectivity index (χ1n) is 7.11. The zero-order chi connectivity index (χ0) is 14.1. The molecule has 1 aliphatic heterocycles. The van der Waals surface area contributed by atoms with Crippen molar-refractivity contribution in [3.63, 3.8) is 0 Å². The highest BCUT2D eigenvalue weighted by Gasteiger charge is 2.28. The molecular formula is C18H16N2O. The summed E-state index contributed by atoms with van der Waals surface area (Å²) in [6, 6.07) is 22.8. The fourth-order valence-electron chi connectivity index (χ4n) is 2.83. The maximum atomic E-state index is 5.64. The third kappa shape index (κ3) is 2.17. The molecule has 2 aromatic carbocycles. The summed E-state index contributed by atoms with van der Waals surface area (Å²) < 4.78 is 5.64. The van der Waals surface area contributed by atoms with Crippen molar-refractivity contribution in [1.82, 2.24) is 0 Å². The van der Waals surface area contributed by atoms with Crippen LogP contribution in [-0.4, -0.2) is 0 Å². The Kier molecular flexibility index (Phi) is 2.89. The van der Waals surface area contributed by atoms with Crippen LogP contribution in [0.25, 0.3) is 0 Å². The lowest BCUT2D eigenvalue weighted by atomic mass is 10.1. The Morgan fingerprint density at radius 1 is 0.905 bits per heavy atom. The van der Waals surface area contributed by atoms with E-state index in [-0.39, 0.29) is 6.17 Å². The molecule has 104 valence electrons. The van der Waals surface area contributed by atoms with Crippen LogP contribution in [0.2, 0.25) is 0 Å². The van der Waals surface area contributed by atoms with Crippen LogP contribution in [-0.2, 0) is 6.54 Å². The molecule has 0 saturated carbocycles. The Bertz CT molecular complexity index is 722. The molecule has 1 unspecified atom stereocenters. The molecule has 21 heavy (non-hydrogen) atoms. The quantitative estimate of drug-likeness (QED) is 0.751. The van der Waals surface area contributed by atoms with E-state index in [4.69, 9.17) is 4.42 Å². The number of rotatable bonds is 2. The van der Waals surface area contributed by atoms with Crippen LogP contribution in [0, 0.1) is 0 Å². The first-order chi connectivity index (χ1) is 10.4. The van der Waals surface area contributed by atoms with Crippen LogP contribution in [0.1, 0.15) is 17.5 Å². The molecule has 0 radical (unpaired) electrons. The van der Waals surface area contributed by atoms with Gasteiger partial charge in [-0.05, 0) is 35.9 Å². The van der Waals surface area contributed by atoms with Crippen LogP contribution in [0.3, 0.4) is 0 Å². The lowest BCUT2D eigenvalue weighted by molar-refractivity contribution is 0.461. The van der Waals surface area contributed by atoms with Gasteiger partial charge < -0.3 is 14.6 Å². The highest BCUT2D eigenvalue weighted by Crippen LogP contribution is 2.36. The number of hydrogen-bond donors (Lipinski definition) is 1. The van der Waals surface area contributed by atoms with Gasteiger partial charge in [0, 0.05) is 17.9 Å². The van der Waals surface area contributed by atoms with Gasteiger partial charge in [-0.3, -0.25) is 0 Å². The highest BCUT2D eigenvalue weighted by atomic mass is 16.3. The van der Waals surface area contributed by atoms with Crippen molar-refractivity contribution in [2.75, 3.05) is 10.2 Å².